The predicted octanol–water partition coefficient (Wildman–Crippen LogP) is 3.36. The normalized spacial score (nSPS) is 11.2. The van der Waals surface area contributed by atoms with E-state index in [1.807, 2.05) is 19.1 Å². The van der Waals surface area contributed by atoms with Crippen molar-refractivity contribution in [3.05, 3.63) is 64.7 Å². The summed E-state index contributed by atoms with van der Waals surface area (Å²) in [7, 11) is -3.43. The Balaban J connectivity index is 1.87. The smallest absolute Gasteiger partial charge is 0.221 e. The first-order chi connectivity index (χ1) is 12.4. The minimum absolute atomic E-state index is 0.0937. The molecule has 0 aromatic heterocycles. The molecular weight excluding hydrogens is 374 g/mol. The Kier molecular flexibility index (Phi) is 7.48. The van der Waals surface area contributed by atoms with Crippen molar-refractivity contribution < 1.29 is 17.9 Å². The van der Waals surface area contributed by atoms with Crippen LogP contribution in [0.2, 0.25) is 5.02 Å². The third-order valence-electron chi connectivity index (χ3n) is 3.72. The van der Waals surface area contributed by atoms with Crippen LogP contribution in [-0.2, 0) is 26.9 Å². The molecule has 0 spiro atoms. The number of carbonyl (C=O) groups is 1. The van der Waals surface area contributed by atoms with Gasteiger partial charge in [0, 0.05) is 23.6 Å². The summed E-state index contributed by atoms with van der Waals surface area (Å²) in [4.78, 5) is 12.0. The molecule has 7 heteroatoms. The van der Waals surface area contributed by atoms with E-state index in [1.54, 1.807) is 36.4 Å². The van der Waals surface area contributed by atoms with E-state index in [1.165, 1.54) is 0 Å². The fraction of sp³-hybridized carbons (Fsp3) is 0.316. The highest BCUT2D eigenvalue weighted by Crippen LogP contribution is 2.21. The first kappa shape index (κ1) is 20.3. The summed E-state index contributed by atoms with van der Waals surface area (Å²) in [5.41, 5.74) is 1.39. The summed E-state index contributed by atoms with van der Waals surface area (Å²) in [5.74, 6) is -0.142. The molecule has 0 unspecified atom stereocenters. The summed E-state index contributed by atoms with van der Waals surface area (Å²) in [5, 5.41) is 3.26. The van der Waals surface area contributed by atoms with E-state index in [0.29, 0.717) is 22.9 Å². The van der Waals surface area contributed by atoms with Crippen molar-refractivity contribution >= 4 is 27.3 Å². The average molecular weight is 396 g/mol. The van der Waals surface area contributed by atoms with Gasteiger partial charge in [0.25, 0.3) is 0 Å². The number of benzene rings is 2. The SMILES string of the molecule is CCOc1ccccc1CS(=O)(=O)CCC(=O)NCc1ccccc1Cl. The minimum atomic E-state index is -3.43. The number of para-hydroxylation sites is 1. The number of nitrogens with one attached hydrogen (secondary N) is 1. The molecule has 0 aliphatic heterocycles. The Morgan fingerprint density at radius 1 is 1.08 bits per heavy atom. The number of halogens is 1. The Morgan fingerprint density at radius 2 is 1.73 bits per heavy atom. The van der Waals surface area contributed by atoms with E-state index in [0.717, 1.165) is 5.56 Å². The number of rotatable bonds is 9. The van der Waals surface area contributed by atoms with E-state index in [-0.39, 0.29) is 30.4 Å². The molecule has 5 nitrogen and oxygen atoms in total. The van der Waals surface area contributed by atoms with Crippen molar-refractivity contribution in [2.75, 3.05) is 12.4 Å². The standard InChI is InChI=1S/C19H22ClNO4S/c1-2-25-18-10-6-4-8-16(18)14-26(23,24)12-11-19(22)21-13-15-7-3-5-9-17(15)20/h3-10H,2,11-14H2,1H3,(H,21,22). The number of sulfone groups is 1. The van der Waals surface area contributed by atoms with Crippen LogP contribution in [0.4, 0.5) is 0 Å². The van der Waals surface area contributed by atoms with Crippen LogP contribution in [0.1, 0.15) is 24.5 Å². The van der Waals surface area contributed by atoms with E-state index in [2.05, 4.69) is 5.32 Å². The molecule has 2 rings (SSSR count). The summed E-state index contributed by atoms with van der Waals surface area (Å²) >= 11 is 6.03. The molecule has 0 atom stereocenters. The van der Waals surface area contributed by atoms with Crippen LogP contribution in [0.25, 0.3) is 0 Å². The van der Waals surface area contributed by atoms with Crippen molar-refractivity contribution in [1.29, 1.82) is 0 Å². The minimum Gasteiger partial charge on any atom is -0.494 e. The first-order valence-electron chi connectivity index (χ1n) is 8.32. The third kappa shape index (κ3) is 6.35. The Labute approximate surface area is 159 Å². The quantitative estimate of drug-likeness (QED) is 0.706. The highest BCUT2D eigenvalue weighted by atomic mass is 35.5. The lowest BCUT2D eigenvalue weighted by Gasteiger charge is -2.11. The van der Waals surface area contributed by atoms with Gasteiger partial charge in [-0.1, -0.05) is 48.0 Å². The summed E-state index contributed by atoms with van der Waals surface area (Å²) in [6, 6.07) is 14.2. The van der Waals surface area contributed by atoms with Crippen molar-refractivity contribution in [3.8, 4) is 5.75 Å². The van der Waals surface area contributed by atoms with Gasteiger partial charge in [0.15, 0.2) is 9.84 Å². The molecule has 0 saturated carbocycles. The highest BCUT2D eigenvalue weighted by molar-refractivity contribution is 7.90. The largest absolute Gasteiger partial charge is 0.494 e. The van der Waals surface area contributed by atoms with Crippen molar-refractivity contribution in [3.63, 3.8) is 0 Å². The summed E-state index contributed by atoms with van der Waals surface area (Å²) < 4.78 is 30.1. The fourth-order valence-electron chi connectivity index (χ4n) is 2.40. The molecule has 0 aliphatic carbocycles. The Hall–Kier alpha value is -2.05. The third-order valence-corrected chi connectivity index (χ3v) is 5.67. The van der Waals surface area contributed by atoms with E-state index < -0.39 is 9.84 Å². The number of ether oxygens (including phenoxy) is 1. The van der Waals surface area contributed by atoms with Gasteiger partial charge in [-0.05, 0) is 24.6 Å². The van der Waals surface area contributed by atoms with Gasteiger partial charge in [0.05, 0.1) is 18.1 Å². The number of amides is 1. The molecule has 0 saturated heterocycles. The molecule has 0 aliphatic rings. The predicted molar refractivity (Wildman–Crippen MR) is 103 cm³/mol. The van der Waals surface area contributed by atoms with Gasteiger partial charge < -0.3 is 10.1 Å². The average Bonchev–Trinajstić information content (AvgIpc) is 2.61. The van der Waals surface area contributed by atoms with Crippen LogP contribution in [0, 0.1) is 0 Å². The molecule has 1 amide bonds. The molecule has 0 fully saturated rings. The molecule has 0 heterocycles. The van der Waals surface area contributed by atoms with Gasteiger partial charge in [0.2, 0.25) is 5.91 Å². The van der Waals surface area contributed by atoms with E-state index in [9.17, 15) is 13.2 Å². The molecule has 26 heavy (non-hydrogen) atoms. The van der Waals surface area contributed by atoms with Gasteiger partial charge in [0.1, 0.15) is 5.75 Å². The van der Waals surface area contributed by atoms with Crippen LogP contribution >= 0.6 is 11.6 Å². The zero-order chi connectivity index (χ0) is 19.0. The second kappa shape index (κ2) is 9.59. The maximum Gasteiger partial charge on any atom is 0.221 e. The van der Waals surface area contributed by atoms with E-state index in [4.69, 9.17) is 16.3 Å². The molecule has 0 bridgehead atoms. The van der Waals surface area contributed by atoms with Crippen LogP contribution in [0.3, 0.4) is 0 Å². The lowest BCUT2D eigenvalue weighted by molar-refractivity contribution is -0.120. The zero-order valence-electron chi connectivity index (χ0n) is 14.6. The van der Waals surface area contributed by atoms with Gasteiger partial charge in [-0.25, -0.2) is 8.42 Å². The van der Waals surface area contributed by atoms with Gasteiger partial charge in [-0.3, -0.25) is 4.79 Å². The summed E-state index contributed by atoms with van der Waals surface area (Å²) in [6.07, 6.45) is -0.0937. The van der Waals surface area contributed by atoms with Crippen LogP contribution < -0.4 is 10.1 Å². The van der Waals surface area contributed by atoms with Crippen molar-refractivity contribution in [1.82, 2.24) is 5.32 Å². The van der Waals surface area contributed by atoms with Gasteiger partial charge in [-0.15, -0.1) is 0 Å². The number of hydrogen-bond donors (Lipinski definition) is 1. The van der Waals surface area contributed by atoms with E-state index >= 15 is 0 Å². The maximum absolute atomic E-state index is 12.3. The van der Waals surface area contributed by atoms with Gasteiger partial charge in [-0.2, -0.15) is 0 Å². The molecule has 1 N–H and O–H groups in total. The first-order valence-corrected chi connectivity index (χ1v) is 10.5. The second-order valence-electron chi connectivity index (χ2n) is 5.75. The Bertz CT molecular complexity index is 852. The maximum atomic E-state index is 12.3. The molecule has 0 radical (unpaired) electrons. The van der Waals surface area contributed by atoms with Crippen LogP contribution in [-0.4, -0.2) is 26.7 Å². The molecule has 2 aromatic rings. The van der Waals surface area contributed by atoms with Gasteiger partial charge >= 0.3 is 0 Å². The molecule has 2 aromatic carbocycles. The monoisotopic (exact) mass is 395 g/mol. The second-order valence-corrected chi connectivity index (χ2v) is 8.34. The number of carbonyl (C=O) groups excluding carboxylic acids is 1. The lowest BCUT2D eigenvalue weighted by Crippen LogP contribution is -2.25. The topological polar surface area (TPSA) is 72.5 Å². The lowest BCUT2D eigenvalue weighted by atomic mass is 10.2. The molecular formula is C19H22ClNO4S. The molecule has 140 valence electrons. The van der Waals surface area contributed by atoms with Crippen molar-refractivity contribution in [2.24, 2.45) is 0 Å². The zero-order valence-corrected chi connectivity index (χ0v) is 16.1. The van der Waals surface area contributed by atoms with Crippen LogP contribution in [0.15, 0.2) is 48.5 Å². The highest BCUT2D eigenvalue weighted by Gasteiger charge is 2.17. The number of hydrogen-bond acceptors (Lipinski definition) is 4. The fourth-order valence-corrected chi connectivity index (χ4v) is 3.96. The van der Waals surface area contributed by atoms with Crippen LogP contribution in [0.5, 0.6) is 5.75 Å². The summed E-state index contributed by atoms with van der Waals surface area (Å²) in [6.45, 7) is 2.57. The van der Waals surface area contributed by atoms with Crippen molar-refractivity contribution in [2.45, 2.75) is 25.6 Å². The Morgan fingerprint density at radius 3 is 2.42 bits per heavy atom.